The molecule has 0 aliphatic heterocycles. The monoisotopic (exact) mass is 1130 g/mol. The molecule has 0 amide bonds. The Labute approximate surface area is 475 Å². The molecule has 1 heteroatoms. The van der Waals surface area contributed by atoms with Crippen molar-refractivity contribution in [2.24, 2.45) is 0 Å². The molecule has 0 heterocycles. The van der Waals surface area contributed by atoms with E-state index in [0.717, 1.165) is 0 Å². The topological polar surface area (TPSA) is 0 Å². The van der Waals surface area contributed by atoms with Gasteiger partial charge in [-0.3, -0.25) is 0 Å². The zero-order valence-electron chi connectivity index (χ0n) is 44.5. The van der Waals surface area contributed by atoms with Crippen LogP contribution in [-0.2, 0) is 0 Å². The van der Waals surface area contributed by atoms with Crippen LogP contribution in [0.15, 0.2) is 315 Å². The third-order valence-electron chi connectivity index (χ3n) is 17.5. The van der Waals surface area contributed by atoms with Crippen molar-refractivity contribution in [3.05, 3.63) is 315 Å². The van der Waals surface area contributed by atoms with Crippen LogP contribution in [0, 0.1) is 0 Å². The fourth-order valence-electron chi connectivity index (χ4n) is 13.8. The first-order chi connectivity index (χ1) is 40.2. The van der Waals surface area contributed by atoms with E-state index in [1.54, 1.807) is 0 Å². The van der Waals surface area contributed by atoms with Crippen molar-refractivity contribution < 1.29 is 0 Å². The summed E-state index contributed by atoms with van der Waals surface area (Å²) in [5.74, 6) is 0. The van der Waals surface area contributed by atoms with E-state index in [2.05, 4.69) is 315 Å². The third-order valence-corrected chi connectivity index (χ3v) is 31.2. The van der Waals surface area contributed by atoms with Crippen LogP contribution in [0.2, 0.25) is 0 Å². The number of fused-ring (bicyclic) bond motifs is 8. The van der Waals surface area contributed by atoms with Gasteiger partial charge in [-0.15, -0.1) is 0 Å². The van der Waals surface area contributed by atoms with E-state index in [4.69, 9.17) is 0 Å². The van der Waals surface area contributed by atoms with Crippen molar-refractivity contribution in [2.75, 3.05) is 0 Å². The fraction of sp³-hybridized carbons (Fsp3) is 0. The van der Waals surface area contributed by atoms with Crippen LogP contribution < -0.4 is 14.3 Å². The molecule has 16 rings (SSSR count). The van der Waals surface area contributed by atoms with Gasteiger partial charge in [0.25, 0.3) is 0 Å². The first kappa shape index (κ1) is 47.4. The van der Waals surface area contributed by atoms with E-state index in [1.807, 2.05) is 0 Å². The molecule has 0 N–H and O–H groups in total. The molecule has 0 nitrogen and oxygen atoms in total. The van der Waals surface area contributed by atoms with Gasteiger partial charge in [0.1, 0.15) is 0 Å². The Morgan fingerprint density at radius 1 is 0.148 bits per heavy atom. The number of hydrogen-bond donors (Lipinski definition) is 0. The molecular weight excluding hydrogens is 1080 g/mol. The van der Waals surface area contributed by atoms with E-state index >= 15 is 0 Å². The van der Waals surface area contributed by atoms with Crippen molar-refractivity contribution in [3.63, 3.8) is 0 Å². The van der Waals surface area contributed by atoms with E-state index in [9.17, 15) is 0 Å². The molecule has 0 radical (unpaired) electrons. The third kappa shape index (κ3) is 7.73. The normalized spacial score (nSPS) is 12.0. The van der Waals surface area contributed by atoms with Gasteiger partial charge in [-0.1, -0.05) is 0 Å². The summed E-state index contributed by atoms with van der Waals surface area (Å²) < 4.78 is 5.58. The summed E-state index contributed by atoms with van der Waals surface area (Å²) in [6.45, 7) is 0. The molecule has 16 aromatic carbocycles. The standard InChI is InChI=1S/4C20H13.Sn/c4*1-2-8-15(9-3-1)20-18-12-6-4-10-16(18)14-17-11-5-7-13-19(17)20;/h4*2-14H;. The zero-order chi connectivity index (χ0) is 53.4. The van der Waals surface area contributed by atoms with Gasteiger partial charge in [-0.2, -0.15) is 0 Å². The molecule has 0 saturated heterocycles. The number of benzene rings is 16. The molecular formula is C80H52Sn. The average molecular weight is 1130 g/mol. The molecule has 0 aliphatic rings. The van der Waals surface area contributed by atoms with Crippen LogP contribution in [0.4, 0.5) is 0 Å². The molecule has 0 fully saturated rings. The maximum atomic E-state index is 2.51. The fourth-order valence-corrected chi connectivity index (χ4v) is 27.2. The van der Waals surface area contributed by atoms with Crippen LogP contribution in [0.1, 0.15) is 0 Å². The molecule has 0 atom stereocenters. The summed E-state index contributed by atoms with van der Waals surface area (Å²) in [6, 6.07) is 120. The van der Waals surface area contributed by atoms with Gasteiger partial charge in [0.2, 0.25) is 0 Å². The Balaban J connectivity index is 0.964. The van der Waals surface area contributed by atoms with E-state index < -0.39 is 18.4 Å². The Morgan fingerprint density at radius 2 is 0.296 bits per heavy atom. The van der Waals surface area contributed by atoms with Crippen molar-refractivity contribution in [1.82, 2.24) is 0 Å². The summed E-state index contributed by atoms with van der Waals surface area (Å²) in [7, 11) is 0. The van der Waals surface area contributed by atoms with Gasteiger partial charge < -0.3 is 0 Å². The van der Waals surface area contributed by atoms with Gasteiger partial charge in [0.15, 0.2) is 0 Å². The second-order valence-corrected chi connectivity index (χ2v) is 32.7. The predicted molar refractivity (Wildman–Crippen MR) is 352 cm³/mol. The van der Waals surface area contributed by atoms with Gasteiger partial charge in [0.05, 0.1) is 0 Å². The second-order valence-electron chi connectivity index (χ2n) is 21.8. The predicted octanol–water partition coefficient (Wildman–Crippen LogP) is 19.0. The molecule has 0 aliphatic carbocycles. The average Bonchev–Trinajstić information content (AvgIpc) is 3.59. The van der Waals surface area contributed by atoms with Crippen molar-refractivity contribution in [1.29, 1.82) is 0 Å². The summed E-state index contributed by atoms with van der Waals surface area (Å²) in [4.78, 5) is 0. The summed E-state index contributed by atoms with van der Waals surface area (Å²) in [6.07, 6.45) is 0. The molecule has 16 aromatic rings. The van der Waals surface area contributed by atoms with Crippen molar-refractivity contribution in [3.8, 4) is 44.5 Å². The first-order valence-electron chi connectivity index (χ1n) is 28.2. The van der Waals surface area contributed by atoms with Crippen LogP contribution in [-0.4, -0.2) is 18.4 Å². The molecule has 0 unspecified atom stereocenters. The second kappa shape index (κ2) is 19.3. The van der Waals surface area contributed by atoms with Gasteiger partial charge in [-0.05, 0) is 0 Å². The molecule has 0 spiro atoms. The minimum atomic E-state index is -4.48. The first-order valence-corrected chi connectivity index (χ1v) is 33.9. The van der Waals surface area contributed by atoms with Crippen LogP contribution in [0.3, 0.4) is 0 Å². The Morgan fingerprint density at radius 3 is 0.457 bits per heavy atom. The zero-order valence-corrected chi connectivity index (χ0v) is 47.4. The SMILES string of the molecule is c1ccc2c(-c3cc[c]([Sn]([c]4ccc(-c5c6ccccc6cc6ccccc56)cc4)([c]4ccc(-c5c6ccccc6cc6ccccc56)cc4)[c]4ccc(-c5c6ccccc6cc6ccccc56)cc4)cc3)c3ccccc3cc2c1. The molecule has 0 aromatic heterocycles. The molecule has 376 valence electrons. The Kier molecular flexibility index (Phi) is 11.3. The Hall–Kier alpha value is -9.60. The Bertz CT molecular complexity index is 4260. The van der Waals surface area contributed by atoms with Crippen molar-refractivity contribution >= 4 is 119 Å². The molecule has 0 bridgehead atoms. The van der Waals surface area contributed by atoms with E-state index in [0.29, 0.717) is 0 Å². The van der Waals surface area contributed by atoms with Crippen LogP contribution in [0.5, 0.6) is 0 Å². The van der Waals surface area contributed by atoms with E-state index in [1.165, 1.54) is 145 Å². The summed E-state index contributed by atoms with van der Waals surface area (Å²) >= 11 is -4.48. The quantitative estimate of drug-likeness (QED) is 0.105. The van der Waals surface area contributed by atoms with Crippen molar-refractivity contribution in [2.45, 2.75) is 0 Å². The molecule has 81 heavy (non-hydrogen) atoms. The maximum absolute atomic E-state index is 4.48. The van der Waals surface area contributed by atoms with Gasteiger partial charge >= 0.3 is 479 Å². The van der Waals surface area contributed by atoms with E-state index in [-0.39, 0.29) is 0 Å². The molecule has 0 saturated carbocycles. The summed E-state index contributed by atoms with van der Waals surface area (Å²) in [5, 5.41) is 20.1. The van der Waals surface area contributed by atoms with Gasteiger partial charge in [0, 0.05) is 0 Å². The summed E-state index contributed by atoms with van der Waals surface area (Å²) in [5.41, 5.74) is 10.0. The minimum absolute atomic E-state index is 1.22. The van der Waals surface area contributed by atoms with Gasteiger partial charge in [-0.25, -0.2) is 0 Å². The number of hydrogen-bond acceptors (Lipinski definition) is 0. The van der Waals surface area contributed by atoms with Crippen LogP contribution >= 0.6 is 0 Å². The van der Waals surface area contributed by atoms with Crippen LogP contribution in [0.25, 0.3) is 131 Å². The number of rotatable bonds is 8.